The van der Waals surface area contributed by atoms with Crippen molar-refractivity contribution in [1.29, 1.82) is 0 Å². The fourth-order valence-corrected chi connectivity index (χ4v) is 10.1. The second kappa shape index (κ2) is 13.0. The Bertz CT molecular complexity index is 1140. The Kier molecular flexibility index (Phi) is 9.49. The summed E-state index contributed by atoms with van der Waals surface area (Å²) >= 11 is 0. The van der Waals surface area contributed by atoms with Gasteiger partial charge >= 0.3 is 0 Å². The third kappa shape index (κ3) is 6.24. The van der Waals surface area contributed by atoms with Crippen LogP contribution < -0.4 is 21.2 Å². The third-order valence-corrected chi connectivity index (χ3v) is 12.9. The van der Waals surface area contributed by atoms with Gasteiger partial charge < -0.3 is 18.9 Å². The molecule has 4 aromatic rings. The Labute approximate surface area is 241 Å². The average Bonchev–Trinajstić information content (AvgIpc) is 3.02. The number of hydrogen-bond donors (Lipinski definition) is 0. The summed E-state index contributed by atoms with van der Waals surface area (Å²) in [4.78, 5) is 0. The van der Waals surface area contributed by atoms with Crippen molar-refractivity contribution >= 4 is 37.1 Å². The monoisotopic (exact) mass is 572 g/mol. The zero-order valence-corrected chi connectivity index (χ0v) is 25.4. The maximum Gasteiger partial charge on any atom is 0.220 e. The molecule has 0 aromatic heterocycles. The van der Waals surface area contributed by atoms with Gasteiger partial charge in [0.1, 0.15) is 0 Å². The molecule has 1 saturated heterocycles. The smallest absolute Gasteiger partial charge is 0.220 e. The van der Waals surface area contributed by atoms with E-state index < -0.39 is 27.4 Å². The van der Waals surface area contributed by atoms with Crippen LogP contribution in [0.2, 0.25) is 0 Å². The molecular weight excluding hydrogens is 534 g/mol. The minimum absolute atomic E-state index is 0.211. The van der Waals surface area contributed by atoms with E-state index in [0.29, 0.717) is 0 Å². The minimum atomic E-state index is -1.07. The van der Waals surface area contributed by atoms with Crippen molar-refractivity contribution in [2.24, 2.45) is 0 Å². The van der Waals surface area contributed by atoms with E-state index >= 15 is 0 Å². The predicted octanol–water partition coefficient (Wildman–Crippen LogP) is 5.76. The van der Waals surface area contributed by atoms with Crippen molar-refractivity contribution in [1.82, 2.24) is 0 Å². The maximum absolute atomic E-state index is 6.94. The maximum atomic E-state index is 6.94. The van der Waals surface area contributed by atoms with Gasteiger partial charge in [0.25, 0.3) is 0 Å². The van der Waals surface area contributed by atoms with E-state index in [2.05, 4.69) is 121 Å². The Morgan fingerprint density at radius 3 is 0.975 bits per heavy atom. The molecule has 0 bridgehead atoms. The van der Waals surface area contributed by atoms with Crippen molar-refractivity contribution in [3.8, 4) is 0 Å². The molecule has 0 amide bonds. The molecule has 1 heterocycles. The largest absolute Gasteiger partial charge is 0.349 e. The molecule has 1 fully saturated rings. The van der Waals surface area contributed by atoms with E-state index in [1.807, 2.05) is 13.8 Å². The Morgan fingerprint density at radius 1 is 0.500 bits per heavy atom. The first-order valence-electron chi connectivity index (χ1n) is 13.7. The van der Waals surface area contributed by atoms with Crippen molar-refractivity contribution in [3.05, 3.63) is 121 Å². The highest BCUT2D eigenvalue weighted by atomic mass is 31.1. The number of ether oxygens (including phenoxy) is 4. The molecule has 40 heavy (non-hydrogen) atoms. The van der Waals surface area contributed by atoms with E-state index in [4.69, 9.17) is 18.9 Å². The zero-order valence-electron chi connectivity index (χ0n) is 23.6. The fraction of sp³-hybridized carbons (Fsp3) is 0.294. The van der Waals surface area contributed by atoms with Gasteiger partial charge in [0.2, 0.25) is 11.6 Å². The molecule has 0 aliphatic carbocycles. The summed E-state index contributed by atoms with van der Waals surface area (Å²) in [7, 11) is 1.91. The lowest BCUT2D eigenvalue weighted by Gasteiger charge is -2.53. The van der Waals surface area contributed by atoms with E-state index in [1.165, 1.54) is 21.2 Å². The SMILES string of the molecule is COC1(C)OC(CP(c2ccccc2)c2ccccc2)[C@H](CP(c2ccccc2)c2ccccc2)O[C@@]1(C)OC. The van der Waals surface area contributed by atoms with Crippen LogP contribution in [0.15, 0.2) is 121 Å². The molecule has 1 aliphatic heterocycles. The van der Waals surface area contributed by atoms with Gasteiger partial charge in [-0.05, 0) is 50.9 Å². The predicted molar refractivity (Wildman–Crippen MR) is 168 cm³/mol. The highest BCUT2D eigenvalue weighted by Gasteiger charge is 2.57. The normalized spacial score (nSPS) is 24.9. The Morgan fingerprint density at radius 2 is 0.750 bits per heavy atom. The van der Waals surface area contributed by atoms with Crippen LogP contribution in [0.5, 0.6) is 0 Å². The highest BCUT2D eigenvalue weighted by Crippen LogP contribution is 2.47. The van der Waals surface area contributed by atoms with Crippen LogP contribution in [0.3, 0.4) is 0 Å². The fourth-order valence-electron chi connectivity index (χ4n) is 5.23. The first kappa shape index (κ1) is 29.1. The lowest BCUT2D eigenvalue weighted by Crippen LogP contribution is -2.66. The van der Waals surface area contributed by atoms with Crippen molar-refractivity contribution in [3.63, 3.8) is 0 Å². The molecule has 208 valence electrons. The Hall–Kier alpha value is -2.42. The molecule has 1 aliphatic rings. The molecular formula is C34H38O4P2. The number of methoxy groups -OCH3 is 2. The van der Waals surface area contributed by atoms with Crippen molar-refractivity contribution < 1.29 is 18.9 Å². The van der Waals surface area contributed by atoms with Crippen LogP contribution in [-0.4, -0.2) is 50.3 Å². The summed E-state index contributed by atoms with van der Waals surface area (Å²) < 4.78 is 25.8. The van der Waals surface area contributed by atoms with Gasteiger partial charge in [-0.2, -0.15) is 0 Å². The Balaban J connectivity index is 1.55. The van der Waals surface area contributed by atoms with Gasteiger partial charge in [-0.1, -0.05) is 121 Å². The molecule has 4 atom stereocenters. The van der Waals surface area contributed by atoms with E-state index in [1.54, 1.807) is 14.2 Å². The molecule has 0 N–H and O–H groups in total. The third-order valence-electron chi connectivity index (χ3n) is 7.77. The van der Waals surface area contributed by atoms with Crippen molar-refractivity contribution in [2.75, 3.05) is 26.5 Å². The van der Waals surface area contributed by atoms with Crippen LogP contribution >= 0.6 is 15.8 Å². The molecule has 4 nitrogen and oxygen atoms in total. The average molecular weight is 573 g/mol. The van der Waals surface area contributed by atoms with E-state index in [-0.39, 0.29) is 12.2 Å². The van der Waals surface area contributed by atoms with Crippen molar-refractivity contribution in [2.45, 2.75) is 37.6 Å². The molecule has 6 heteroatoms. The molecule has 4 aromatic carbocycles. The topological polar surface area (TPSA) is 36.9 Å². The summed E-state index contributed by atoms with van der Waals surface area (Å²) in [6.45, 7) is 3.84. The minimum Gasteiger partial charge on any atom is -0.349 e. The van der Waals surface area contributed by atoms with Crippen LogP contribution in [-0.2, 0) is 18.9 Å². The van der Waals surface area contributed by atoms with Crippen LogP contribution in [0.25, 0.3) is 0 Å². The van der Waals surface area contributed by atoms with Gasteiger partial charge in [0, 0.05) is 26.5 Å². The second-order valence-electron chi connectivity index (χ2n) is 10.2. The summed E-state index contributed by atoms with van der Waals surface area (Å²) in [6, 6.07) is 43.1. The second-order valence-corrected chi connectivity index (χ2v) is 14.7. The van der Waals surface area contributed by atoms with Gasteiger partial charge in [0.15, 0.2) is 0 Å². The summed E-state index contributed by atoms with van der Waals surface area (Å²) in [6.07, 6.45) is 1.19. The quantitative estimate of drug-likeness (QED) is 0.227. The summed E-state index contributed by atoms with van der Waals surface area (Å²) in [5.74, 6) is -2.14. The zero-order chi connectivity index (χ0) is 28.0. The lowest BCUT2D eigenvalue weighted by molar-refractivity contribution is -0.442. The molecule has 2 unspecified atom stereocenters. The number of hydrogen-bond acceptors (Lipinski definition) is 4. The standard InChI is InChI=1S/C34H38O4P2/c1-33(35-3)34(2,36-4)38-32(26-40(29-21-13-7-14-22-29)30-23-15-8-16-24-30)31(37-33)25-39(27-17-9-5-10-18-27)28-19-11-6-12-20-28/h5-24,31-32H,25-26H2,1-4H3/t31-,32?,33+,34?/m0/s1. The first-order valence-corrected chi connectivity index (χ1v) is 16.7. The van der Waals surface area contributed by atoms with Gasteiger partial charge in [-0.15, -0.1) is 0 Å². The molecule has 0 saturated carbocycles. The lowest BCUT2D eigenvalue weighted by atomic mass is 10.0. The van der Waals surface area contributed by atoms with Gasteiger partial charge in [-0.3, -0.25) is 0 Å². The van der Waals surface area contributed by atoms with E-state index in [9.17, 15) is 0 Å². The molecule has 0 spiro atoms. The number of rotatable bonds is 10. The first-order chi connectivity index (χ1) is 19.5. The molecule has 5 rings (SSSR count). The van der Waals surface area contributed by atoms with Crippen LogP contribution in [0.1, 0.15) is 13.8 Å². The number of benzene rings is 4. The van der Waals surface area contributed by atoms with Gasteiger partial charge in [-0.25, -0.2) is 0 Å². The van der Waals surface area contributed by atoms with Gasteiger partial charge in [0.05, 0.1) is 12.2 Å². The van der Waals surface area contributed by atoms with Crippen LogP contribution in [0, 0.1) is 0 Å². The summed E-state index contributed by atoms with van der Waals surface area (Å²) in [5, 5.41) is 5.27. The summed E-state index contributed by atoms with van der Waals surface area (Å²) in [5.41, 5.74) is 0. The highest BCUT2D eigenvalue weighted by molar-refractivity contribution is 7.73. The van der Waals surface area contributed by atoms with E-state index in [0.717, 1.165) is 12.3 Å². The van der Waals surface area contributed by atoms with Crippen LogP contribution in [0.4, 0.5) is 0 Å². The molecule has 0 radical (unpaired) electrons.